The molecule has 0 bridgehead atoms. The topological polar surface area (TPSA) is 3.24 Å². The van der Waals surface area contributed by atoms with Crippen LogP contribution in [-0.4, -0.2) is 8.07 Å². The SMILES string of the molecule is C[Si]1(C)c2cc(N(C3=c4c(sc5ccccc45)=CCC3)c3ccc(C4=c5ccccc5=CCC4)cc3)ccc2-c2c1ccc1c2sc2ccccc21. The van der Waals surface area contributed by atoms with Crippen molar-refractivity contribution in [3.05, 3.63) is 153 Å². The van der Waals surface area contributed by atoms with Crippen LogP contribution in [0.1, 0.15) is 31.2 Å². The standard InChI is InChI=1S/C48H37NS2Si/c1-52(2)44-28-27-37-36-14-5-7-18-41(36)51-48(37)47(44)39-26-25-33(29-45(39)52)49(40-17-10-20-43-46(40)38-15-6-8-19-42(38)50-43)32-23-21-31(22-24-32)35-16-9-12-30-11-3-4-13-34(30)35/h3-8,11-15,18-29H,9-10,16-17H2,1-2H3. The summed E-state index contributed by atoms with van der Waals surface area (Å²) in [4.78, 5) is 2.62. The summed E-state index contributed by atoms with van der Waals surface area (Å²) in [6, 6.07) is 48.6. The van der Waals surface area contributed by atoms with Crippen LogP contribution in [0.2, 0.25) is 13.1 Å². The highest BCUT2D eigenvalue weighted by molar-refractivity contribution is 7.26. The highest BCUT2D eigenvalue weighted by Gasteiger charge is 2.39. The van der Waals surface area contributed by atoms with E-state index in [1.807, 2.05) is 22.7 Å². The van der Waals surface area contributed by atoms with Crippen LogP contribution < -0.4 is 35.5 Å². The third-order valence-electron chi connectivity index (χ3n) is 11.8. The highest BCUT2D eigenvalue weighted by atomic mass is 32.1. The second-order valence-electron chi connectivity index (χ2n) is 15.0. The second-order valence-corrected chi connectivity index (χ2v) is 21.5. The lowest BCUT2D eigenvalue weighted by atomic mass is 9.93. The molecule has 0 amide bonds. The van der Waals surface area contributed by atoms with Gasteiger partial charge in [0.2, 0.25) is 0 Å². The van der Waals surface area contributed by atoms with Crippen LogP contribution in [0.4, 0.5) is 11.4 Å². The third kappa shape index (κ3) is 4.44. The molecule has 3 heterocycles. The minimum absolute atomic E-state index is 1.01. The van der Waals surface area contributed by atoms with Crippen molar-refractivity contribution in [2.75, 3.05) is 4.90 Å². The Morgan fingerprint density at radius 3 is 2.19 bits per heavy atom. The molecule has 2 aromatic heterocycles. The Hall–Kier alpha value is -5.00. The van der Waals surface area contributed by atoms with E-state index < -0.39 is 8.07 Å². The normalized spacial score (nSPS) is 15.6. The van der Waals surface area contributed by atoms with Crippen molar-refractivity contribution in [2.24, 2.45) is 0 Å². The molecule has 4 heteroatoms. The van der Waals surface area contributed by atoms with E-state index in [0.29, 0.717) is 0 Å². The van der Waals surface area contributed by atoms with Crippen LogP contribution >= 0.6 is 22.7 Å². The summed E-state index contributed by atoms with van der Waals surface area (Å²) < 4.78 is 5.60. The zero-order chi connectivity index (χ0) is 34.6. The van der Waals surface area contributed by atoms with Crippen LogP contribution in [0.3, 0.4) is 0 Å². The molecule has 0 N–H and O–H groups in total. The molecule has 0 unspecified atom stereocenters. The molecule has 1 aliphatic heterocycles. The van der Waals surface area contributed by atoms with Gasteiger partial charge in [0.05, 0.1) is 0 Å². The predicted molar refractivity (Wildman–Crippen MR) is 230 cm³/mol. The molecule has 0 radical (unpaired) electrons. The van der Waals surface area contributed by atoms with E-state index >= 15 is 0 Å². The van der Waals surface area contributed by atoms with Gasteiger partial charge >= 0.3 is 0 Å². The monoisotopic (exact) mass is 719 g/mol. The summed E-state index contributed by atoms with van der Waals surface area (Å²) in [7, 11) is -1.98. The van der Waals surface area contributed by atoms with Crippen molar-refractivity contribution < 1.29 is 0 Å². The number of nitrogens with zero attached hydrogens (tertiary/aromatic N) is 1. The Labute approximate surface area is 312 Å². The summed E-state index contributed by atoms with van der Waals surface area (Å²) in [5.41, 5.74) is 9.64. The van der Waals surface area contributed by atoms with E-state index in [1.54, 1.807) is 10.4 Å². The fraction of sp³-hybridized carbons (Fsp3) is 0.125. The van der Waals surface area contributed by atoms with E-state index in [-0.39, 0.29) is 0 Å². The minimum Gasteiger partial charge on any atom is -0.314 e. The van der Waals surface area contributed by atoms with Gasteiger partial charge in [0, 0.05) is 57.1 Å². The summed E-state index contributed by atoms with van der Waals surface area (Å²) in [5, 5.41) is 11.4. The van der Waals surface area contributed by atoms with E-state index in [0.717, 1.165) is 25.7 Å². The first kappa shape index (κ1) is 30.6. The van der Waals surface area contributed by atoms with Gasteiger partial charge in [-0.3, -0.25) is 0 Å². The number of thiophene rings is 2. The molecule has 0 atom stereocenters. The van der Waals surface area contributed by atoms with Crippen molar-refractivity contribution in [1.82, 2.24) is 0 Å². The molecule has 6 aromatic carbocycles. The number of fused-ring (bicyclic) bond motifs is 11. The summed E-state index contributed by atoms with van der Waals surface area (Å²) in [6.45, 7) is 5.12. The third-order valence-corrected chi connectivity index (χ3v) is 17.7. The molecule has 0 saturated heterocycles. The lowest BCUT2D eigenvalue weighted by molar-refractivity contribution is 1.04. The van der Waals surface area contributed by atoms with Crippen molar-refractivity contribution in [1.29, 1.82) is 0 Å². The molecular weight excluding hydrogens is 683 g/mol. The first-order valence-electron chi connectivity index (χ1n) is 18.5. The molecule has 1 nitrogen and oxygen atoms in total. The lowest BCUT2D eigenvalue weighted by Gasteiger charge is -2.30. The van der Waals surface area contributed by atoms with Gasteiger partial charge in [-0.2, -0.15) is 0 Å². The van der Waals surface area contributed by atoms with Gasteiger partial charge in [0.25, 0.3) is 0 Å². The number of benzene rings is 6. The zero-order valence-electron chi connectivity index (χ0n) is 29.4. The van der Waals surface area contributed by atoms with Crippen LogP contribution in [0.25, 0.3) is 64.8 Å². The van der Waals surface area contributed by atoms with E-state index in [4.69, 9.17) is 0 Å². The van der Waals surface area contributed by atoms with Crippen molar-refractivity contribution in [3.63, 3.8) is 0 Å². The first-order chi connectivity index (χ1) is 25.5. The van der Waals surface area contributed by atoms with Gasteiger partial charge < -0.3 is 4.90 Å². The van der Waals surface area contributed by atoms with Gasteiger partial charge in [0.1, 0.15) is 8.07 Å². The van der Waals surface area contributed by atoms with Crippen molar-refractivity contribution in [2.45, 2.75) is 38.8 Å². The first-order valence-corrected chi connectivity index (χ1v) is 23.2. The molecule has 0 fully saturated rings. The maximum absolute atomic E-state index is 2.62. The molecule has 0 saturated carbocycles. The quantitative estimate of drug-likeness (QED) is 0.164. The summed E-state index contributed by atoms with van der Waals surface area (Å²) >= 11 is 3.90. The van der Waals surface area contributed by atoms with E-state index in [2.05, 4.69) is 158 Å². The van der Waals surface area contributed by atoms with Crippen LogP contribution in [0, 0.1) is 0 Å². The lowest BCUT2D eigenvalue weighted by Crippen LogP contribution is -2.49. The van der Waals surface area contributed by atoms with Gasteiger partial charge in [-0.05, 0) is 105 Å². The van der Waals surface area contributed by atoms with Crippen LogP contribution in [-0.2, 0) is 0 Å². The maximum Gasteiger partial charge on any atom is 0.114 e. The van der Waals surface area contributed by atoms with E-state index in [1.165, 1.54) is 89.8 Å². The number of hydrogen-bond acceptors (Lipinski definition) is 3. The predicted octanol–water partition coefficient (Wildman–Crippen LogP) is 9.37. The Bertz CT molecular complexity index is 3050. The Balaban J connectivity index is 1.13. The Morgan fingerprint density at radius 2 is 1.33 bits per heavy atom. The molecule has 2 aliphatic carbocycles. The number of anilines is 2. The van der Waals surface area contributed by atoms with Crippen molar-refractivity contribution in [3.8, 4) is 11.1 Å². The number of hydrogen-bond donors (Lipinski definition) is 0. The van der Waals surface area contributed by atoms with Gasteiger partial charge in [0.15, 0.2) is 0 Å². The Kier molecular flexibility index (Phi) is 6.77. The fourth-order valence-electron chi connectivity index (χ4n) is 9.35. The van der Waals surface area contributed by atoms with E-state index in [9.17, 15) is 0 Å². The van der Waals surface area contributed by atoms with Gasteiger partial charge in [-0.15, -0.1) is 22.7 Å². The molecule has 0 spiro atoms. The zero-order valence-corrected chi connectivity index (χ0v) is 32.0. The molecule has 11 rings (SSSR count). The average molecular weight is 720 g/mol. The molecule has 3 aliphatic rings. The number of rotatable bonds is 4. The molecular formula is C48H37NS2Si. The van der Waals surface area contributed by atoms with Crippen LogP contribution in [0.15, 0.2) is 127 Å². The molecule has 52 heavy (non-hydrogen) atoms. The molecule has 8 aromatic rings. The minimum atomic E-state index is -1.98. The fourth-order valence-corrected chi connectivity index (χ4v) is 15.0. The smallest absolute Gasteiger partial charge is 0.114 e. The molecule has 250 valence electrons. The van der Waals surface area contributed by atoms with Crippen LogP contribution in [0.5, 0.6) is 0 Å². The highest BCUT2D eigenvalue weighted by Crippen LogP contribution is 2.43. The Morgan fingerprint density at radius 1 is 0.596 bits per heavy atom. The summed E-state index contributed by atoms with van der Waals surface area (Å²) in [5.74, 6) is 0. The van der Waals surface area contributed by atoms with Gasteiger partial charge in [-0.1, -0.05) is 116 Å². The average Bonchev–Trinajstić information content (AvgIpc) is 3.83. The van der Waals surface area contributed by atoms with Crippen molar-refractivity contribution >= 4 is 106 Å². The summed E-state index contributed by atoms with van der Waals surface area (Å²) in [6.07, 6.45) is 9.08. The maximum atomic E-state index is 2.62. The largest absolute Gasteiger partial charge is 0.314 e. The van der Waals surface area contributed by atoms with Gasteiger partial charge in [-0.25, -0.2) is 0 Å². The second kappa shape index (κ2) is 11.5.